The number of nitrogens with zero attached hydrogens (tertiary/aromatic N) is 2. The highest BCUT2D eigenvalue weighted by molar-refractivity contribution is 7.07. The molecule has 0 aromatic carbocycles. The lowest BCUT2D eigenvalue weighted by molar-refractivity contribution is 0.0957. The molecule has 0 aliphatic carbocycles. The Hall–Kier alpha value is -0.720. The Balaban J connectivity index is 0.000001000. The van der Waals surface area contributed by atoms with E-state index in [9.17, 15) is 4.79 Å². The van der Waals surface area contributed by atoms with Gasteiger partial charge >= 0.3 is 0 Å². The van der Waals surface area contributed by atoms with Gasteiger partial charge in [0.2, 0.25) is 0 Å². The molecule has 7 heteroatoms. The normalized spacial score (nSPS) is 8.55. The Bertz CT molecular complexity index is 250. The highest BCUT2D eigenvalue weighted by Gasteiger charge is 2.10. The zero-order valence-corrected chi connectivity index (χ0v) is 7.33. The Labute approximate surface area is 73.5 Å². The van der Waals surface area contributed by atoms with E-state index in [1.807, 2.05) is 5.43 Å². The van der Waals surface area contributed by atoms with E-state index in [4.69, 9.17) is 5.84 Å². The van der Waals surface area contributed by atoms with Crippen LogP contribution in [0.15, 0.2) is 0 Å². The molecule has 3 N–H and O–H groups in total. The number of carbonyl (C=O) groups is 1. The molecule has 1 amide bonds. The number of aryl methyl sites for hydroxylation is 1. The number of nitrogens with two attached hydrogens (primary N) is 1. The molecule has 0 aliphatic heterocycles. The Morgan fingerprint density at radius 3 is 2.73 bits per heavy atom. The van der Waals surface area contributed by atoms with Crippen LogP contribution >= 0.6 is 23.9 Å². The van der Waals surface area contributed by atoms with E-state index in [0.29, 0.717) is 10.6 Å². The maximum absolute atomic E-state index is 10.8. The van der Waals surface area contributed by atoms with Gasteiger partial charge in [0.15, 0.2) is 0 Å². The topological polar surface area (TPSA) is 80.9 Å². The van der Waals surface area contributed by atoms with Crippen molar-refractivity contribution in [2.75, 3.05) is 0 Å². The quantitative estimate of drug-likeness (QED) is 0.371. The van der Waals surface area contributed by atoms with Crippen LogP contribution in [0.25, 0.3) is 0 Å². The summed E-state index contributed by atoms with van der Waals surface area (Å²) in [4.78, 5) is 11.3. The second-order valence-corrected chi connectivity index (χ2v) is 2.42. The molecule has 1 rings (SSSR count). The smallest absolute Gasteiger partial charge is 0.278 e. The van der Waals surface area contributed by atoms with Crippen molar-refractivity contribution >= 4 is 29.8 Å². The molecule has 1 aromatic heterocycles. The third kappa shape index (κ3) is 2.11. The number of hydrogen-bond donors (Lipinski definition) is 2. The first-order valence-corrected chi connectivity index (χ1v) is 3.33. The number of hydrogen-bond acceptors (Lipinski definition) is 5. The van der Waals surface area contributed by atoms with Crippen LogP contribution in [0, 0.1) is 6.92 Å². The number of amides is 1. The van der Waals surface area contributed by atoms with Gasteiger partial charge < -0.3 is 0 Å². The van der Waals surface area contributed by atoms with Gasteiger partial charge in [-0.15, -0.1) is 17.5 Å². The van der Waals surface area contributed by atoms with E-state index in [-0.39, 0.29) is 18.3 Å². The predicted octanol–water partition coefficient (Wildman–Crippen LogP) is -0.128. The van der Waals surface area contributed by atoms with Crippen LogP contribution in [-0.2, 0) is 0 Å². The van der Waals surface area contributed by atoms with Crippen molar-refractivity contribution in [3.8, 4) is 0 Å². The van der Waals surface area contributed by atoms with Crippen molar-refractivity contribution in [1.82, 2.24) is 15.0 Å². The summed E-state index contributed by atoms with van der Waals surface area (Å²) in [5.74, 6) is 4.54. The monoisotopic (exact) mass is 194 g/mol. The zero-order valence-electron chi connectivity index (χ0n) is 5.70. The van der Waals surface area contributed by atoms with E-state index in [1.165, 1.54) is 0 Å². The van der Waals surface area contributed by atoms with Crippen LogP contribution in [0.1, 0.15) is 15.4 Å². The average molecular weight is 195 g/mol. The fourth-order valence-electron chi connectivity index (χ4n) is 0.505. The van der Waals surface area contributed by atoms with Crippen molar-refractivity contribution in [3.05, 3.63) is 10.6 Å². The highest BCUT2D eigenvalue weighted by atomic mass is 35.5. The third-order valence-corrected chi connectivity index (χ3v) is 1.82. The van der Waals surface area contributed by atoms with Crippen molar-refractivity contribution in [2.45, 2.75) is 6.92 Å². The molecule has 1 aromatic rings. The zero-order chi connectivity index (χ0) is 7.56. The first-order valence-electron chi connectivity index (χ1n) is 2.55. The summed E-state index contributed by atoms with van der Waals surface area (Å²) in [6.45, 7) is 1.70. The second-order valence-electron chi connectivity index (χ2n) is 1.66. The number of hydrazine groups is 1. The number of rotatable bonds is 1. The van der Waals surface area contributed by atoms with Crippen LogP contribution in [-0.4, -0.2) is 15.5 Å². The first-order chi connectivity index (χ1) is 4.75. The Morgan fingerprint density at radius 1 is 1.73 bits per heavy atom. The number of carbonyl (C=O) groups excluding carboxylic acids is 1. The molecule has 0 bridgehead atoms. The lowest BCUT2D eigenvalue weighted by Crippen LogP contribution is -2.29. The molecule has 0 radical (unpaired) electrons. The summed E-state index contributed by atoms with van der Waals surface area (Å²) in [5.41, 5.74) is 2.60. The molecule has 62 valence electrons. The second kappa shape index (κ2) is 4.22. The van der Waals surface area contributed by atoms with Crippen LogP contribution in [0.4, 0.5) is 0 Å². The van der Waals surface area contributed by atoms with E-state index >= 15 is 0 Å². The highest BCUT2D eigenvalue weighted by Crippen LogP contribution is 2.07. The molecular weight excluding hydrogens is 188 g/mol. The van der Waals surface area contributed by atoms with Crippen molar-refractivity contribution in [3.63, 3.8) is 0 Å². The minimum Gasteiger partial charge on any atom is -0.289 e. The standard InChI is InChI=1S/C4H6N4OS.ClH/c1-2-3(4(9)6-5)10-8-7-2;/h5H2,1H3,(H,6,9);1H. The van der Waals surface area contributed by atoms with Gasteiger partial charge in [0.25, 0.3) is 5.91 Å². The van der Waals surface area contributed by atoms with Crippen LogP contribution in [0.2, 0.25) is 0 Å². The molecule has 11 heavy (non-hydrogen) atoms. The van der Waals surface area contributed by atoms with Gasteiger partial charge in [-0.3, -0.25) is 10.2 Å². The third-order valence-electron chi connectivity index (χ3n) is 0.989. The summed E-state index contributed by atoms with van der Waals surface area (Å²) in [5, 5.41) is 3.64. The van der Waals surface area contributed by atoms with Crippen LogP contribution in [0.5, 0.6) is 0 Å². The van der Waals surface area contributed by atoms with E-state index in [1.54, 1.807) is 6.92 Å². The van der Waals surface area contributed by atoms with Crippen molar-refractivity contribution in [1.29, 1.82) is 0 Å². The number of aromatic nitrogens is 2. The first kappa shape index (κ1) is 10.3. The fraction of sp³-hybridized carbons (Fsp3) is 0.250. The maximum atomic E-state index is 10.8. The van der Waals surface area contributed by atoms with Gasteiger partial charge in [0.1, 0.15) is 4.88 Å². The largest absolute Gasteiger partial charge is 0.289 e. The number of halogens is 1. The summed E-state index contributed by atoms with van der Waals surface area (Å²) in [7, 11) is 0. The van der Waals surface area contributed by atoms with Gasteiger partial charge in [-0.25, -0.2) is 5.84 Å². The van der Waals surface area contributed by atoms with Crippen molar-refractivity contribution in [2.24, 2.45) is 5.84 Å². The predicted molar refractivity (Wildman–Crippen MR) is 43.5 cm³/mol. The van der Waals surface area contributed by atoms with Gasteiger partial charge in [-0.05, 0) is 18.5 Å². The molecule has 0 fully saturated rings. The average Bonchev–Trinajstić information content (AvgIpc) is 2.34. The van der Waals surface area contributed by atoms with Gasteiger partial charge in [0, 0.05) is 0 Å². The van der Waals surface area contributed by atoms with Crippen molar-refractivity contribution < 1.29 is 4.79 Å². The van der Waals surface area contributed by atoms with E-state index in [0.717, 1.165) is 11.5 Å². The molecule has 0 saturated heterocycles. The molecule has 0 aliphatic rings. The lowest BCUT2D eigenvalue weighted by Gasteiger charge is -1.91. The lowest BCUT2D eigenvalue weighted by atomic mass is 10.4. The molecule has 0 spiro atoms. The summed E-state index contributed by atoms with van der Waals surface area (Å²) in [6.07, 6.45) is 0. The SMILES string of the molecule is Cc1nnsc1C(=O)NN.Cl. The minimum atomic E-state index is -0.340. The number of nitrogen functional groups attached to an aromatic ring is 1. The summed E-state index contributed by atoms with van der Waals surface area (Å²) < 4.78 is 3.57. The molecule has 0 atom stereocenters. The molecule has 0 saturated carbocycles. The Kier molecular flexibility index (Phi) is 3.94. The van der Waals surface area contributed by atoms with E-state index < -0.39 is 0 Å². The molecule has 5 nitrogen and oxygen atoms in total. The number of nitrogens with one attached hydrogen (secondary N) is 1. The van der Waals surface area contributed by atoms with Gasteiger partial charge in [-0.1, -0.05) is 4.49 Å². The molecular formula is C4H7ClN4OS. The molecule has 1 heterocycles. The summed E-state index contributed by atoms with van der Waals surface area (Å²) >= 11 is 1.03. The van der Waals surface area contributed by atoms with Crippen LogP contribution in [0.3, 0.4) is 0 Å². The maximum Gasteiger partial charge on any atom is 0.278 e. The fourth-order valence-corrected chi connectivity index (χ4v) is 1.06. The van der Waals surface area contributed by atoms with Gasteiger partial charge in [-0.2, -0.15) is 0 Å². The van der Waals surface area contributed by atoms with Crippen LogP contribution < -0.4 is 11.3 Å². The Morgan fingerprint density at radius 2 is 2.36 bits per heavy atom. The minimum absolute atomic E-state index is 0. The summed E-state index contributed by atoms with van der Waals surface area (Å²) in [6, 6.07) is 0. The molecule has 0 unspecified atom stereocenters. The van der Waals surface area contributed by atoms with E-state index in [2.05, 4.69) is 9.59 Å². The van der Waals surface area contributed by atoms with Gasteiger partial charge in [0.05, 0.1) is 5.69 Å².